The summed E-state index contributed by atoms with van der Waals surface area (Å²) in [5.41, 5.74) is 1.62. The largest absolute Gasteiger partial charge is 0.475 e. The van der Waals surface area contributed by atoms with Crippen molar-refractivity contribution in [1.29, 1.82) is 5.26 Å². The summed E-state index contributed by atoms with van der Waals surface area (Å²) >= 11 is 1.79. The molecule has 1 N–H and O–H groups in total. The highest BCUT2D eigenvalue weighted by Crippen LogP contribution is 2.47. The van der Waals surface area contributed by atoms with E-state index in [-0.39, 0.29) is 16.9 Å². The van der Waals surface area contributed by atoms with E-state index >= 15 is 0 Å². The van der Waals surface area contributed by atoms with Crippen molar-refractivity contribution in [3.8, 4) is 11.9 Å². The molecule has 8 heteroatoms. The van der Waals surface area contributed by atoms with Gasteiger partial charge in [-0.3, -0.25) is 9.59 Å². The van der Waals surface area contributed by atoms with Crippen molar-refractivity contribution < 1.29 is 9.53 Å². The lowest BCUT2D eigenvalue weighted by Gasteiger charge is -2.16. The molecule has 0 aliphatic heterocycles. The Morgan fingerprint density at radius 2 is 2.06 bits per heavy atom. The zero-order chi connectivity index (χ0) is 22.0. The zero-order valence-corrected chi connectivity index (χ0v) is 18.2. The van der Waals surface area contributed by atoms with Gasteiger partial charge in [-0.2, -0.15) is 17.0 Å². The van der Waals surface area contributed by atoms with Crippen molar-refractivity contribution in [3.05, 3.63) is 69.6 Å². The Morgan fingerprint density at radius 3 is 2.71 bits per heavy atom. The van der Waals surface area contributed by atoms with Gasteiger partial charge < -0.3 is 14.6 Å². The zero-order valence-electron chi connectivity index (χ0n) is 17.3. The standard InChI is InChI=1S/C23H22N4O3S/c1-27-19-17(7-10-25-21(19)30-14-23(31-2)8-9-23)11-18(22(27)29)20(28)26-13-16-5-3-15(12-24)4-6-16/h3-7,10-11H,8-9,13-14H2,1-2H3,(H,26,28). The maximum absolute atomic E-state index is 12.9. The van der Waals surface area contributed by atoms with Gasteiger partial charge in [0.05, 0.1) is 11.6 Å². The number of ether oxygens (including phenoxy) is 1. The Bertz CT molecular complexity index is 1240. The van der Waals surface area contributed by atoms with Crippen LogP contribution in [0.15, 0.2) is 47.4 Å². The number of nitrogens with zero attached hydrogens (tertiary/aromatic N) is 3. The number of aromatic nitrogens is 2. The minimum Gasteiger partial charge on any atom is -0.475 e. The quantitative estimate of drug-likeness (QED) is 0.614. The second-order valence-electron chi connectivity index (χ2n) is 7.64. The van der Waals surface area contributed by atoms with Crippen LogP contribution < -0.4 is 15.6 Å². The first-order chi connectivity index (χ1) is 15.0. The van der Waals surface area contributed by atoms with Crippen molar-refractivity contribution >= 4 is 28.6 Å². The molecule has 2 heterocycles. The number of fused-ring (bicyclic) bond motifs is 1. The van der Waals surface area contributed by atoms with E-state index in [9.17, 15) is 9.59 Å². The van der Waals surface area contributed by atoms with Gasteiger partial charge in [-0.15, -0.1) is 0 Å². The summed E-state index contributed by atoms with van der Waals surface area (Å²) in [6.07, 6.45) is 5.92. The average molecular weight is 435 g/mol. The molecule has 31 heavy (non-hydrogen) atoms. The average Bonchev–Trinajstić information content (AvgIpc) is 3.59. The number of nitrogens with one attached hydrogen (secondary N) is 1. The predicted octanol–water partition coefficient (Wildman–Crippen LogP) is 3.01. The molecule has 0 spiro atoms. The molecule has 1 amide bonds. The maximum atomic E-state index is 12.9. The van der Waals surface area contributed by atoms with Crippen LogP contribution in [-0.4, -0.2) is 33.1 Å². The van der Waals surface area contributed by atoms with Crippen LogP contribution in [0, 0.1) is 11.3 Å². The molecule has 158 valence electrons. The third-order valence-corrected chi connectivity index (χ3v) is 6.98. The Kier molecular flexibility index (Phi) is 5.70. The number of hydrogen-bond acceptors (Lipinski definition) is 6. The SMILES string of the molecule is CSC1(COc2nccc3cc(C(=O)NCc4ccc(C#N)cc4)c(=O)n(C)c23)CC1. The van der Waals surface area contributed by atoms with Gasteiger partial charge in [-0.25, -0.2) is 4.98 Å². The van der Waals surface area contributed by atoms with Gasteiger partial charge in [0.1, 0.15) is 17.7 Å². The van der Waals surface area contributed by atoms with E-state index in [0.717, 1.165) is 18.4 Å². The number of carbonyl (C=O) groups excluding carboxylic acids is 1. The number of pyridine rings is 2. The van der Waals surface area contributed by atoms with Gasteiger partial charge in [0.2, 0.25) is 5.88 Å². The lowest BCUT2D eigenvalue weighted by Crippen LogP contribution is -2.32. The fourth-order valence-corrected chi connectivity index (χ4v) is 4.08. The normalized spacial score (nSPS) is 14.1. The maximum Gasteiger partial charge on any atom is 0.263 e. The number of amides is 1. The number of nitriles is 1. The summed E-state index contributed by atoms with van der Waals surface area (Å²) in [4.78, 5) is 30.0. The molecule has 7 nitrogen and oxygen atoms in total. The van der Waals surface area contributed by atoms with Crippen molar-refractivity contribution in [2.45, 2.75) is 24.1 Å². The van der Waals surface area contributed by atoms with Crippen molar-refractivity contribution in [3.63, 3.8) is 0 Å². The lowest BCUT2D eigenvalue weighted by molar-refractivity contribution is 0.0949. The van der Waals surface area contributed by atoms with Crippen LogP contribution in [0.5, 0.6) is 5.88 Å². The Hall–Kier alpha value is -3.31. The molecule has 1 aliphatic carbocycles. The minimum atomic E-state index is -0.453. The monoisotopic (exact) mass is 434 g/mol. The highest BCUT2D eigenvalue weighted by molar-refractivity contribution is 8.00. The molecule has 0 atom stereocenters. The van der Waals surface area contributed by atoms with Crippen molar-refractivity contribution in [2.75, 3.05) is 12.9 Å². The van der Waals surface area contributed by atoms with Gasteiger partial charge in [0, 0.05) is 29.9 Å². The highest BCUT2D eigenvalue weighted by Gasteiger charge is 2.43. The molecule has 1 saturated carbocycles. The van der Waals surface area contributed by atoms with E-state index in [0.29, 0.717) is 29.0 Å². The molecule has 0 radical (unpaired) electrons. The molecule has 2 aromatic heterocycles. The number of rotatable bonds is 7. The van der Waals surface area contributed by atoms with Crippen LogP contribution in [0.2, 0.25) is 0 Å². The summed E-state index contributed by atoms with van der Waals surface area (Å²) in [6, 6.07) is 12.3. The van der Waals surface area contributed by atoms with E-state index in [1.807, 2.05) is 0 Å². The van der Waals surface area contributed by atoms with Gasteiger partial charge in [0.25, 0.3) is 11.5 Å². The van der Waals surface area contributed by atoms with E-state index in [1.54, 1.807) is 61.4 Å². The molecule has 4 rings (SSSR count). The van der Waals surface area contributed by atoms with Crippen LogP contribution in [0.4, 0.5) is 0 Å². The smallest absolute Gasteiger partial charge is 0.263 e. The summed E-state index contributed by atoms with van der Waals surface area (Å²) in [5, 5.41) is 12.4. The van der Waals surface area contributed by atoms with Gasteiger partial charge in [0.15, 0.2) is 0 Å². The van der Waals surface area contributed by atoms with E-state index in [4.69, 9.17) is 10.00 Å². The molecule has 1 aromatic carbocycles. The number of hydrogen-bond donors (Lipinski definition) is 1. The number of benzene rings is 1. The second kappa shape index (κ2) is 8.44. The molecular formula is C23H22N4O3S. The van der Waals surface area contributed by atoms with Crippen LogP contribution in [-0.2, 0) is 13.6 Å². The first-order valence-corrected chi connectivity index (χ1v) is 11.1. The van der Waals surface area contributed by atoms with E-state index in [2.05, 4.69) is 22.6 Å². The van der Waals surface area contributed by atoms with Gasteiger partial charge in [-0.05, 0) is 48.9 Å². The minimum absolute atomic E-state index is 0.0589. The lowest BCUT2D eigenvalue weighted by atomic mass is 10.1. The summed E-state index contributed by atoms with van der Waals surface area (Å²) in [6.45, 7) is 0.800. The molecule has 1 aliphatic rings. The fourth-order valence-electron chi connectivity index (χ4n) is 3.39. The predicted molar refractivity (Wildman–Crippen MR) is 120 cm³/mol. The first-order valence-electron chi connectivity index (χ1n) is 9.90. The summed E-state index contributed by atoms with van der Waals surface area (Å²) in [7, 11) is 1.62. The number of aryl methyl sites for hydroxylation is 1. The molecule has 1 fully saturated rings. The Morgan fingerprint density at radius 1 is 1.32 bits per heavy atom. The number of thioether (sulfide) groups is 1. The highest BCUT2D eigenvalue weighted by atomic mass is 32.2. The molecule has 0 saturated heterocycles. The Labute approximate surface area is 184 Å². The van der Waals surface area contributed by atoms with Crippen LogP contribution in [0.25, 0.3) is 10.9 Å². The third kappa shape index (κ3) is 4.28. The molecule has 0 unspecified atom stereocenters. The number of carbonyl (C=O) groups is 1. The van der Waals surface area contributed by atoms with E-state index < -0.39 is 11.5 Å². The molecule has 0 bridgehead atoms. The van der Waals surface area contributed by atoms with Crippen LogP contribution >= 0.6 is 11.8 Å². The molecular weight excluding hydrogens is 412 g/mol. The fraction of sp³-hybridized carbons (Fsp3) is 0.304. The molecule has 3 aromatic rings. The first kappa shape index (κ1) is 20.9. The summed E-state index contributed by atoms with van der Waals surface area (Å²) in [5.74, 6) is -0.0487. The Balaban J connectivity index is 1.57. The van der Waals surface area contributed by atoms with Crippen LogP contribution in [0.3, 0.4) is 0 Å². The second-order valence-corrected chi connectivity index (χ2v) is 8.92. The van der Waals surface area contributed by atoms with Crippen molar-refractivity contribution in [1.82, 2.24) is 14.9 Å². The summed E-state index contributed by atoms with van der Waals surface area (Å²) < 4.78 is 7.55. The van der Waals surface area contributed by atoms with E-state index in [1.165, 1.54) is 4.57 Å². The van der Waals surface area contributed by atoms with Crippen LogP contribution in [0.1, 0.15) is 34.3 Å². The van der Waals surface area contributed by atoms with Gasteiger partial charge >= 0.3 is 0 Å². The third-order valence-electron chi connectivity index (χ3n) is 5.59. The van der Waals surface area contributed by atoms with Crippen molar-refractivity contribution in [2.24, 2.45) is 7.05 Å². The van der Waals surface area contributed by atoms with Gasteiger partial charge in [-0.1, -0.05) is 12.1 Å². The topological polar surface area (TPSA) is 97.0 Å².